The summed E-state index contributed by atoms with van der Waals surface area (Å²) in [7, 11) is 0. The van der Waals surface area contributed by atoms with Crippen LogP contribution >= 0.6 is 0 Å². The molecular weight excluding hydrogens is 833 g/mol. The Hall–Kier alpha value is -9.40. The van der Waals surface area contributed by atoms with Crippen molar-refractivity contribution < 1.29 is 0 Å². The molecule has 8 nitrogen and oxygen atoms in total. The van der Waals surface area contributed by atoms with Crippen molar-refractivity contribution in [1.29, 1.82) is 0 Å². The molecule has 0 saturated heterocycles. The maximum atomic E-state index is 5.50. The first-order chi connectivity index (χ1) is 33.7. The summed E-state index contributed by atoms with van der Waals surface area (Å²) in [6.45, 7) is 0. The largest absolute Gasteiger partial charge is 0.309 e. The first-order valence-corrected chi connectivity index (χ1v) is 23.0. The van der Waals surface area contributed by atoms with Gasteiger partial charge in [-0.3, -0.25) is 9.13 Å². The minimum Gasteiger partial charge on any atom is -0.309 e. The molecule has 9 aromatic carbocycles. The molecule has 8 heteroatoms. The van der Waals surface area contributed by atoms with Gasteiger partial charge in [0.1, 0.15) is 0 Å². The second-order valence-electron chi connectivity index (χ2n) is 17.8. The van der Waals surface area contributed by atoms with Gasteiger partial charge >= 0.3 is 0 Å². The molecule has 0 bridgehead atoms. The third-order valence-electron chi connectivity index (χ3n) is 14.3. The molecule has 0 atom stereocenters. The van der Waals surface area contributed by atoms with Crippen molar-refractivity contribution in [3.8, 4) is 45.8 Å². The molecule has 314 valence electrons. The molecule has 0 aliphatic heterocycles. The van der Waals surface area contributed by atoms with Crippen LogP contribution < -0.4 is 0 Å². The summed E-state index contributed by atoms with van der Waals surface area (Å²) in [6, 6.07) is 73.6. The van der Waals surface area contributed by atoms with E-state index < -0.39 is 0 Å². The molecule has 1 aliphatic carbocycles. The monoisotopic (exact) mass is 866 g/mol. The van der Waals surface area contributed by atoms with Gasteiger partial charge in [-0.05, 0) is 72.8 Å². The van der Waals surface area contributed by atoms with Crippen LogP contribution in [0.1, 0.15) is 0 Å². The van der Waals surface area contributed by atoms with Crippen LogP contribution in [0, 0.1) is 0 Å². The molecule has 15 aromatic rings. The summed E-state index contributed by atoms with van der Waals surface area (Å²) < 4.78 is 9.22. The molecule has 1 aliphatic rings. The Balaban J connectivity index is 0.990. The van der Waals surface area contributed by atoms with Crippen molar-refractivity contribution in [1.82, 2.24) is 38.2 Å². The van der Waals surface area contributed by atoms with Gasteiger partial charge in [-0.1, -0.05) is 133 Å². The zero-order valence-corrected chi connectivity index (χ0v) is 36.2. The molecule has 0 amide bonds. The van der Waals surface area contributed by atoms with Crippen molar-refractivity contribution in [2.75, 3.05) is 0 Å². The molecule has 0 radical (unpaired) electrons. The van der Waals surface area contributed by atoms with Crippen LogP contribution in [-0.2, 0) is 0 Å². The number of para-hydroxylation sites is 6. The SMILES string of the molecule is c1ccc(-n2c3ccccc3c3cc4c(cc32)c2ccccc2n4-c2nc3c4c(nc(-n5c6ccccc6c6cc7c(cc65)c5ccccc5n7-c5ccccc5)nc4n2)-c2ccccc2-3)cc1. The minimum atomic E-state index is 0.565. The molecule has 0 unspecified atom stereocenters. The summed E-state index contributed by atoms with van der Waals surface area (Å²) in [5, 5.41) is 10.1. The lowest BCUT2D eigenvalue weighted by molar-refractivity contribution is 0.976. The smallest absolute Gasteiger partial charge is 0.237 e. The zero-order valence-electron chi connectivity index (χ0n) is 36.2. The van der Waals surface area contributed by atoms with Gasteiger partial charge < -0.3 is 9.13 Å². The Morgan fingerprint density at radius 3 is 0.941 bits per heavy atom. The quantitative estimate of drug-likeness (QED) is 0.177. The first kappa shape index (κ1) is 35.9. The van der Waals surface area contributed by atoms with Crippen molar-refractivity contribution in [3.05, 3.63) is 206 Å². The Kier molecular flexibility index (Phi) is 6.92. The highest BCUT2D eigenvalue weighted by Crippen LogP contribution is 2.47. The van der Waals surface area contributed by atoms with Gasteiger partial charge in [-0.15, -0.1) is 0 Å². The number of aromatic nitrogens is 8. The van der Waals surface area contributed by atoms with E-state index in [1.807, 2.05) is 0 Å². The fourth-order valence-electron chi connectivity index (χ4n) is 11.5. The molecule has 6 aromatic heterocycles. The molecule has 0 N–H and O–H groups in total. The average Bonchev–Trinajstić information content (AvgIpc) is 4.18. The Morgan fingerprint density at radius 1 is 0.250 bits per heavy atom. The topological polar surface area (TPSA) is 71.3 Å². The van der Waals surface area contributed by atoms with Crippen LogP contribution in [0.15, 0.2) is 206 Å². The molecule has 0 spiro atoms. The van der Waals surface area contributed by atoms with E-state index >= 15 is 0 Å². The number of nitrogens with zero attached hydrogens (tertiary/aromatic N) is 8. The third kappa shape index (κ3) is 4.67. The van der Waals surface area contributed by atoms with E-state index in [0.29, 0.717) is 17.5 Å². The molecule has 16 rings (SSSR count). The highest BCUT2D eigenvalue weighted by Gasteiger charge is 2.30. The Morgan fingerprint density at radius 2 is 0.559 bits per heavy atom. The minimum absolute atomic E-state index is 0.565. The lowest BCUT2D eigenvalue weighted by Crippen LogP contribution is -2.06. The molecular formula is C60H34N8. The first-order valence-electron chi connectivity index (χ1n) is 23.0. The predicted molar refractivity (Wildman–Crippen MR) is 277 cm³/mol. The standard InChI is InChI=1S/C60H34N8/c1-3-17-35(18-4-1)65-47-27-13-9-21-37(47)43-33-53-45(31-51(43)65)39-23-11-15-29-49(39)67(53)59-61-56-41-25-7-8-26-42(41)57-55(56)58(63-59)64-60(62-57)68-50-30-16-12-24-40(50)46-32-52-44(34-54(46)68)38-22-10-14-28-48(38)66(52)36-19-5-2-6-20-36/h1-34H. The highest BCUT2D eigenvalue weighted by molar-refractivity contribution is 6.21. The fraction of sp³-hybridized carbons (Fsp3) is 0. The maximum absolute atomic E-state index is 5.50. The van der Waals surface area contributed by atoms with E-state index in [4.69, 9.17) is 19.9 Å². The van der Waals surface area contributed by atoms with Gasteiger partial charge in [0.2, 0.25) is 11.9 Å². The van der Waals surface area contributed by atoms with E-state index in [1.54, 1.807) is 0 Å². The van der Waals surface area contributed by atoms with Gasteiger partial charge in [0, 0.05) is 65.6 Å². The maximum Gasteiger partial charge on any atom is 0.237 e. The van der Waals surface area contributed by atoms with Gasteiger partial charge in [-0.2, -0.15) is 9.97 Å². The van der Waals surface area contributed by atoms with Crippen molar-refractivity contribution >= 4 is 98.3 Å². The van der Waals surface area contributed by atoms with Crippen LogP contribution in [0.3, 0.4) is 0 Å². The number of hydrogen-bond acceptors (Lipinski definition) is 4. The average molecular weight is 867 g/mol. The second-order valence-corrected chi connectivity index (χ2v) is 17.8. The van der Waals surface area contributed by atoms with Crippen LogP contribution in [-0.4, -0.2) is 38.2 Å². The lowest BCUT2D eigenvalue weighted by atomic mass is 10.1. The zero-order chi connectivity index (χ0) is 44.2. The molecule has 0 fully saturated rings. The summed E-state index contributed by atoms with van der Waals surface area (Å²) in [5.41, 5.74) is 15.3. The van der Waals surface area contributed by atoms with Gasteiger partial charge in [0.15, 0.2) is 5.65 Å². The van der Waals surface area contributed by atoms with Crippen LogP contribution in [0.25, 0.3) is 144 Å². The summed E-state index contributed by atoms with van der Waals surface area (Å²) in [5.74, 6) is 1.13. The number of fused-ring (bicyclic) bond motifs is 15. The van der Waals surface area contributed by atoms with Crippen LogP contribution in [0.2, 0.25) is 0 Å². The molecule has 0 saturated carbocycles. The van der Waals surface area contributed by atoms with Crippen molar-refractivity contribution in [2.24, 2.45) is 0 Å². The van der Waals surface area contributed by atoms with Crippen molar-refractivity contribution in [2.45, 2.75) is 0 Å². The van der Waals surface area contributed by atoms with E-state index in [1.165, 1.54) is 10.8 Å². The van der Waals surface area contributed by atoms with Crippen LogP contribution in [0.4, 0.5) is 0 Å². The van der Waals surface area contributed by atoms with E-state index in [2.05, 4.69) is 225 Å². The van der Waals surface area contributed by atoms with Gasteiger partial charge in [0.05, 0.1) is 60.9 Å². The van der Waals surface area contributed by atoms with E-state index in [9.17, 15) is 0 Å². The third-order valence-corrected chi connectivity index (χ3v) is 14.3. The Labute approximate surface area is 386 Å². The van der Waals surface area contributed by atoms with Crippen molar-refractivity contribution in [3.63, 3.8) is 0 Å². The second kappa shape index (κ2) is 13.1. The number of benzene rings is 9. The molecule has 6 heterocycles. The van der Waals surface area contributed by atoms with E-state index in [0.717, 1.165) is 116 Å². The normalized spacial score (nSPS) is 12.4. The number of hydrogen-bond donors (Lipinski definition) is 0. The van der Waals surface area contributed by atoms with Gasteiger partial charge in [0.25, 0.3) is 0 Å². The Bertz CT molecular complexity index is 4380. The predicted octanol–water partition coefficient (Wildman–Crippen LogP) is 14.5. The van der Waals surface area contributed by atoms with Gasteiger partial charge in [-0.25, -0.2) is 9.97 Å². The summed E-state index contributed by atoms with van der Waals surface area (Å²) in [6.07, 6.45) is 0. The molecule has 68 heavy (non-hydrogen) atoms. The van der Waals surface area contributed by atoms with Crippen LogP contribution in [0.5, 0.6) is 0 Å². The lowest BCUT2D eigenvalue weighted by Gasteiger charge is -2.11. The highest BCUT2D eigenvalue weighted by atomic mass is 15.2. The summed E-state index contributed by atoms with van der Waals surface area (Å²) in [4.78, 5) is 22.0. The number of rotatable bonds is 4. The fourth-order valence-corrected chi connectivity index (χ4v) is 11.5. The summed E-state index contributed by atoms with van der Waals surface area (Å²) >= 11 is 0. The van der Waals surface area contributed by atoms with E-state index in [-0.39, 0.29) is 0 Å².